The first kappa shape index (κ1) is 16.3. The highest BCUT2D eigenvalue weighted by Gasteiger charge is 2.29. The molecule has 0 bridgehead atoms. The molecule has 0 fully saturated rings. The van der Waals surface area contributed by atoms with E-state index >= 15 is 0 Å². The Morgan fingerprint density at radius 2 is 1.50 bits per heavy atom. The standard InChI is InChI=1S/C12H18BrO3PS/c1-9(2)15-17(14,16-10(3)4)18-12-7-5-11(13)6-8-12/h5-10H,1-4H3. The van der Waals surface area contributed by atoms with E-state index < -0.39 is 6.80 Å². The number of halogens is 1. The topological polar surface area (TPSA) is 35.5 Å². The van der Waals surface area contributed by atoms with Crippen molar-refractivity contribution in [2.24, 2.45) is 0 Å². The van der Waals surface area contributed by atoms with Gasteiger partial charge < -0.3 is 0 Å². The molecule has 0 atom stereocenters. The van der Waals surface area contributed by atoms with Gasteiger partial charge in [0.25, 0.3) is 0 Å². The second-order valence-corrected chi connectivity index (χ2v) is 9.08. The third kappa shape index (κ3) is 5.89. The van der Waals surface area contributed by atoms with Crippen LogP contribution in [0.1, 0.15) is 27.7 Å². The number of hydrogen-bond acceptors (Lipinski definition) is 4. The maximum Gasteiger partial charge on any atom is 0.394 e. The lowest BCUT2D eigenvalue weighted by atomic mass is 10.4. The molecular formula is C12H18BrO3PS. The molecule has 0 aliphatic rings. The van der Waals surface area contributed by atoms with E-state index in [9.17, 15) is 4.57 Å². The van der Waals surface area contributed by atoms with Crippen LogP contribution in [-0.2, 0) is 13.6 Å². The summed E-state index contributed by atoms with van der Waals surface area (Å²) in [5.41, 5.74) is 0. The monoisotopic (exact) mass is 352 g/mol. The Balaban J connectivity index is 2.84. The second-order valence-electron chi connectivity index (χ2n) is 4.30. The van der Waals surface area contributed by atoms with Crippen molar-refractivity contribution in [3.63, 3.8) is 0 Å². The zero-order chi connectivity index (χ0) is 13.8. The minimum atomic E-state index is -3.17. The molecule has 0 spiro atoms. The molecule has 102 valence electrons. The summed E-state index contributed by atoms with van der Waals surface area (Å²) >= 11 is 4.51. The van der Waals surface area contributed by atoms with Gasteiger partial charge in [0.1, 0.15) is 0 Å². The predicted molar refractivity (Wildman–Crippen MR) is 80.0 cm³/mol. The number of rotatable bonds is 6. The molecule has 1 aromatic carbocycles. The molecule has 0 unspecified atom stereocenters. The Bertz CT molecular complexity index is 406. The first-order chi connectivity index (χ1) is 8.31. The molecule has 0 aliphatic carbocycles. The van der Waals surface area contributed by atoms with Crippen molar-refractivity contribution in [2.75, 3.05) is 0 Å². The molecule has 0 aromatic heterocycles. The first-order valence-electron chi connectivity index (χ1n) is 5.73. The molecule has 0 saturated carbocycles. The van der Waals surface area contributed by atoms with Crippen LogP contribution in [0.3, 0.4) is 0 Å². The minimum Gasteiger partial charge on any atom is -0.298 e. The molecule has 0 aliphatic heterocycles. The van der Waals surface area contributed by atoms with Gasteiger partial charge in [0.2, 0.25) is 0 Å². The maximum atomic E-state index is 12.6. The summed E-state index contributed by atoms with van der Waals surface area (Å²) in [5, 5.41) is 0. The van der Waals surface area contributed by atoms with Gasteiger partial charge >= 0.3 is 6.80 Å². The fraction of sp³-hybridized carbons (Fsp3) is 0.500. The summed E-state index contributed by atoms with van der Waals surface area (Å²) in [6, 6.07) is 7.57. The van der Waals surface area contributed by atoms with E-state index in [2.05, 4.69) is 15.9 Å². The lowest BCUT2D eigenvalue weighted by Gasteiger charge is -2.21. The first-order valence-corrected chi connectivity index (χ1v) is 9.48. The van der Waals surface area contributed by atoms with Crippen LogP contribution in [0.5, 0.6) is 0 Å². The van der Waals surface area contributed by atoms with Crippen molar-refractivity contribution in [1.29, 1.82) is 0 Å². The molecule has 0 N–H and O–H groups in total. The lowest BCUT2D eigenvalue weighted by Crippen LogP contribution is -2.05. The highest BCUT2D eigenvalue weighted by Crippen LogP contribution is 2.64. The SMILES string of the molecule is CC(C)OP(=O)(OC(C)C)Sc1ccc(Br)cc1. The van der Waals surface area contributed by atoms with Crippen LogP contribution in [0.4, 0.5) is 0 Å². The van der Waals surface area contributed by atoms with E-state index in [0.29, 0.717) is 0 Å². The maximum absolute atomic E-state index is 12.6. The normalized spacial score (nSPS) is 12.4. The van der Waals surface area contributed by atoms with Crippen molar-refractivity contribution in [3.8, 4) is 0 Å². The largest absolute Gasteiger partial charge is 0.394 e. The van der Waals surface area contributed by atoms with Crippen LogP contribution in [0.2, 0.25) is 0 Å². The van der Waals surface area contributed by atoms with Gasteiger partial charge in [-0.1, -0.05) is 15.9 Å². The molecule has 1 rings (SSSR count). The lowest BCUT2D eigenvalue weighted by molar-refractivity contribution is 0.156. The fourth-order valence-corrected chi connectivity index (χ4v) is 5.59. The van der Waals surface area contributed by atoms with Crippen molar-refractivity contribution < 1.29 is 13.6 Å². The van der Waals surface area contributed by atoms with E-state index in [-0.39, 0.29) is 12.2 Å². The fourth-order valence-electron chi connectivity index (χ4n) is 1.21. The predicted octanol–water partition coefficient (Wildman–Crippen LogP) is 5.50. The van der Waals surface area contributed by atoms with Crippen LogP contribution >= 0.6 is 34.1 Å². The van der Waals surface area contributed by atoms with Crippen molar-refractivity contribution >= 4 is 34.1 Å². The summed E-state index contributed by atoms with van der Waals surface area (Å²) in [7, 11) is 0. The minimum absolute atomic E-state index is 0.141. The second kappa shape index (κ2) is 7.11. The Kier molecular flexibility index (Phi) is 6.42. The molecule has 3 nitrogen and oxygen atoms in total. The van der Waals surface area contributed by atoms with Crippen LogP contribution in [0.15, 0.2) is 33.6 Å². The number of hydrogen-bond donors (Lipinski definition) is 0. The summed E-state index contributed by atoms with van der Waals surface area (Å²) in [4.78, 5) is 0.864. The Hall–Kier alpha value is 0.200. The van der Waals surface area contributed by atoms with Gasteiger partial charge in [-0.2, -0.15) is 0 Å². The molecule has 0 heterocycles. The van der Waals surface area contributed by atoms with Crippen LogP contribution in [0, 0.1) is 0 Å². The molecule has 18 heavy (non-hydrogen) atoms. The number of benzene rings is 1. The zero-order valence-corrected chi connectivity index (χ0v) is 14.2. The average molecular weight is 353 g/mol. The van der Waals surface area contributed by atoms with Gasteiger partial charge in [-0.05, 0) is 63.3 Å². The van der Waals surface area contributed by atoms with E-state index in [4.69, 9.17) is 9.05 Å². The molecule has 0 saturated heterocycles. The van der Waals surface area contributed by atoms with E-state index in [1.807, 2.05) is 52.0 Å². The smallest absolute Gasteiger partial charge is 0.298 e. The Morgan fingerprint density at radius 1 is 1.06 bits per heavy atom. The van der Waals surface area contributed by atoms with E-state index in [0.717, 1.165) is 20.7 Å². The third-order valence-corrected chi connectivity index (χ3v) is 6.13. The quantitative estimate of drug-likeness (QED) is 0.633. The van der Waals surface area contributed by atoms with Crippen molar-refractivity contribution in [2.45, 2.75) is 44.8 Å². The van der Waals surface area contributed by atoms with Crippen LogP contribution in [0.25, 0.3) is 0 Å². The van der Waals surface area contributed by atoms with Gasteiger partial charge in [0.05, 0.1) is 12.2 Å². The van der Waals surface area contributed by atoms with Gasteiger partial charge in [-0.25, -0.2) is 4.57 Å². The molecule has 1 aromatic rings. The molecule has 0 radical (unpaired) electrons. The van der Waals surface area contributed by atoms with E-state index in [1.54, 1.807) is 0 Å². The van der Waals surface area contributed by atoms with Gasteiger partial charge in [-0.3, -0.25) is 9.05 Å². The van der Waals surface area contributed by atoms with Crippen LogP contribution in [-0.4, -0.2) is 12.2 Å². The summed E-state index contributed by atoms with van der Waals surface area (Å²) in [6.07, 6.45) is -0.282. The van der Waals surface area contributed by atoms with Crippen molar-refractivity contribution in [3.05, 3.63) is 28.7 Å². The summed E-state index contributed by atoms with van der Waals surface area (Å²) < 4.78 is 24.5. The van der Waals surface area contributed by atoms with Crippen molar-refractivity contribution in [1.82, 2.24) is 0 Å². The summed E-state index contributed by atoms with van der Waals surface area (Å²) in [5.74, 6) is 0. The molecular weight excluding hydrogens is 335 g/mol. The highest BCUT2D eigenvalue weighted by atomic mass is 79.9. The molecule has 0 amide bonds. The Morgan fingerprint density at radius 3 is 1.89 bits per heavy atom. The van der Waals surface area contributed by atoms with E-state index in [1.165, 1.54) is 0 Å². The molecule has 6 heteroatoms. The third-order valence-electron chi connectivity index (χ3n) is 1.71. The summed E-state index contributed by atoms with van der Waals surface area (Å²) in [6.45, 7) is 4.22. The average Bonchev–Trinajstić information content (AvgIpc) is 2.18. The van der Waals surface area contributed by atoms with Gasteiger partial charge in [0.15, 0.2) is 0 Å². The zero-order valence-electron chi connectivity index (χ0n) is 10.9. The Labute approximate surface area is 121 Å². The van der Waals surface area contributed by atoms with Crippen LogP contribution < -0.4 is 0 Å². The van der Waals surface area contributed by atoms with Gasteiger partial charge in [0, 0.05) is 9.37 Å². The van der Waals surface area contributed by atoms with Gasteiger partial charge in [-0.15, -0.1) is 0 Å². The highest BCUT2D eigenvalue weighted by molar-refractivity contribution is 9.10.